The molecule has 1 aromatic heterocycles. The lowest BCUT2D eigenvalue weighted by atomic mass is 10.2. The summed E-state index contributed by atoms with van der Waals surface area (Å²) in [5, 5.41) is 14.9. The van der Waals surface area contributed by atoms with E-state index in [1.807, 2.05) is 0 Å². The van der Waals surface area contributed by atoms with Crippen LogP contribution in [0.2, 0.25) is 0 Å². The van der Waals surface area contributed by atoms with Crippen molar-refractivity contribution >= 4 is 17.8 Å². The molecule has 158 valence electrons. The second kappa shape index (κ2) is 9.78. The van der Waals surface area contributed by atoms with Gasteiger partial charge in [-0.05, 0) is 18.2 Å². The summed E-state index contributed by atoms with van der Waals surface area (Å²) in [6.45, 7) is 0. The Morgan fingerprint density at radius 3 is 2.39 bits per heavy atom. The molecule has 0 aliphatic heterocycles. The number of amides is 1. The van der Waals surface area contributed by atoms with Crippen LogP contribution in [0.5, 0.6) is 23.5 Å². The van der Waals surface area contributed by atoms with Crippen molar-refractivity contribution in [1.82, 2.24) is 15.4 Å². The summed E-state index contributed by atoms with van der Waals surface area (Å²) < 4.78 is 15.9. The highest BCUT2D eigenvalue weighted by Gasteiger charge is 2.18. The first-order valence-electron chi connectivity index (χ1n) is 8.82. The normalized spacial score (nSPS) is 10.5. The molecule has 0 aliphatic carbocycles. The van der Waals surface area contributed by atoms with Gasteiger partial charge in [0.05, 0.1) is 31.4 Å². The predicted molar refractivity (Wildman–Crippen MR) is 110 cm³/mol. The second-order valence-electron chi connectivity index (χ2n) is 5.85. The quantitative estimate of drug-likeness (QED) is 0.331. The minimum Gasteiger partial charge on any atom is -0.481 e. The van der Waals surface area contributed by atoms with Crippen molar-refractivity contribution in [3.63, 3.8) is 0 Å². The highest BCUT2D eigenvalue weighted by molar-refractivity contribution is 5.98. The number of rotatable bonds is 8. The molecule has 31 heavy (non-hydrogen) atoms. The molecule has 0 unspecified atom stereocenters. The number of nitro groups is 1. The third-order valence-electron chi connectivity index (χ3n) is 3.91. The number of carbonyl (C=O) groups is 1. The number of nitrogens with one attached hydrogen (secondary N) is 1. The summed E-state index contributed by atoms with van der Waals surface area (Å²) in [7, 11) is 2.90. The second-order valence-corrected chi connectivity index (χ2v) is 5.85. The van der Waals surface area contributed by atoms with Gasteiger partial charge in [-0.3, -0.25) is 14.9 Å². The standard InChI is InChI=1S/C20H17N5O6/c1-29-17-11-18(30-2)23-20(22-17)31-16-10-6-3-7-13(16)12-21-24-19(26)14-8-4-5-9-15(14)25(27)28/h3-12H,1-2H3,(H,24,26). The van der Waals surface area contributed by atoms with Crippen molar-refractivity contribution in [2.75, 3.05) is 14.2 Å². The Kier molecular flexibility index (Phi) is 6.68. The van der Waals surface area contributed by atoms with E-state index >= 15 is 0 Å². The fourth-order valence-electron chi connectivity index (χ4n) is 2.46. The Morgan fingerprint density at radius 2 is 1.71 bits per heavy atom. The van der Waals surface area contributed by atoms with Crippen LogP contribution in [0.15, 0.2) is 59.7 Å². The van der Waals surface area contributed by atoms with Crippen LogP contribution in [0.25, 0.3) is 0 Å². The van der Waals surface area contributed by atoms with Crippen LogP contribution in [0.4, 0.5) is 5.69 Å². The molecule has 0 spiro atoms. The SMILES string of the molecule is COc1cc(OC)nc(Oc2ccccc2C=NNC(=O)c2ccccc2[N+](=O)[O-])n1. The zero-order valence-corrected chi connectivity index (χ0v) is 16.5. The van der Waals surface area contributed by atoms with Crippen molar-refractivity contribution in [1.29, 1.82) is 0 Å². The van der Waals surface area contributed by atoms with Gasteiger partial charge in [-0.15, -0.1) is 0 Å². The van der Waals surface area contributed by atoms with Crippen molar-refractivity contribution in [3.05, 3.63) is 75.8 Å². The Morgan fingerprint density at radius 1 is 1.06 bits per heavy atom. The zero-order valence-electron chi connectivity index (χ0n) is 16.5. The van der Waals surface area contributed by atoms with E-state index in [1.54, 1.807) is 24.3 Å². The average molecular weight is 423 g/mol. The number of aromatic nitrogens is 2. The van der Waals surface area contributed by atoms with Crippen molar-refractivity contribution in [2.24, 2.45) is 5.10 Å². The summed E-state index contributed by atoms with van der Waals surface area (Å²) in [6.07, 6.45) is 1.33. The Balaban J connectivity index is 1.78. The maximum Gasteiger partial charge on any atom is 0.328 e. The monoisotopic (exact) mass is 423 g/mol. The number of benzene rings is 2. The number of hydrogen-bond acceptors (Lipinski definition) is 9. The topological polar surface area (TPSA) is 138 Å². The molecular formula is C20H17N5O6. The maximum absolute atomic E-state index is 12.3. The van der Waals surface area contributed by atoms with Crippen LogP contribution in [-0.4, -0.2) is 41.2 Å². The number of nitro benzene ring substituents is 1. The molecule has 1 heterocycles. The lowest BCUT2D eigenvalue weighted by molar-refractivity contribution is -0.385. The lowest BCUT2D eigenvalue weighted by Gasteiger charge is -2.09. The Bertz CT molecular complexity index is 1110. The minimum absolute atomic E-state index is 0.0130. The average Bonchev–Trinajstić information content (AvgIpc) is 2.79. The summed E-state index contributed by atoms with van der Waals surface area (Å²) in [5.41, 5.74) is 2.34. The molecule has 0 aliphatic rings. The molecule has 0 saturated carbocycles. The zero-order chi connectivity index (χ0) is 22.2. The van der Waals surface area contributed by atoms with Gasteiger partial charge in [0.2, 0.25) is 11.8 Å². The molecule has 0 radical (unpaired) electrons. The van der Waals surface area contributed by atoms with Crippen LogP contribution in [0.1, 0.15) is 15.9 Å². The van der Waals surface area contributed by atoms with Crippen LogP contribution < -0.4 is 19.6 Å². The molecule has 2 aromatic carbocycles. The summed E-state index contributed by atoms with van der Waals surface area (Å²) in [6, 6.07) is 13.9. The van der Waals surface area contributed by atoms with Crippen LogP contribution in [0, 0.1) is 10.1 Å². The predicted octanol–water partition coefficient (Wildman–Crippen LogP) is 2.96. The number of para-hydroxylation sites is 2. The summed E-state index contributed by atoms with van der Waals surface area (Å²) >= 11 is 0. The smallest absolute Gasteiger partial charge is 0.328 e. The number of methoxy groups -OCH3 is 2. The largest absolute Gasteiger partial charge is 0.481 e. The van der Waals surface area contributed by atoms with Crippen molar-refractivity contribution in [2.45, 2.75) is 0 Å². The van der Waals surface area contributed by atoms with Crippen LogP contribution >= 0.6 is 0 Å². The van der Waals surface area contributed by atoms with Gasteiger partial charge in [0.15, 0.2) is 0 Å². The molecule has 0 atom stereocenters. The van der Waals surface area contributed by atoms with E-state index in [-0.39, 0.29) is 29.0 Å². The van der Waals surface area contributed by atoms with E-state index in [0.29, 0.717) is 11.3 Å². The number of carbonyl (C=O) groups excluding carboxylic acids is 1. The molecule has 1 amide bonds. The maximum atomic E-state index is 12.3. The Hall–Kier alpha value is -4.54. The minimum atomic E-state index is -0.720. The molecule has 3 aromatic rings. The van der Waals surface area contributed by atoms with Crippen LogP contribution in [0.3, 0.4) is 0 Å². The molecule has 3 rings (SSSR count). The number of hydrogen-bond donors (Lipinski definition) is 1. The summed E-state index contributed by atoms with van der Waals surface area (Å²) in [5.74, 6) is 0.138. The first kappa shape index (κ1) is 21.2. The third-order valence-corrected chi connectivity index (χ3v) is 3.91. The molecule has 0 fully saturated rings. The molecule has 0 saturated heterocycles. The summed E-state index contributed by atoms with van der Waals surface area (Å²) in [4.78, 5) is 30.9. The van der Waals surface area contributed by atoms with E-state index < -0.39 is 10.8 Å². The van der Waals surface area contributed by atoms with Gasteiger partial charge in [-0.1, -0.05) is 24.3 Å². The fraction of sp³-hybridized carbons (Fsp3) is 0.100. The van der Waals surface area contributed by atoms with Gasteiger partial charge in [0, 0.05) is 11.6 Å². The lowest BCUT2D eigenvalue weighted by Crippen LogP contribution is -2.19. The van der Waals surface area contributed by atoms with Gasteiger partial charge in [-0.2, -0.15) is 15.1 Å². The van der Waals surface area contributed by atoms with E-state index in [0.717, 1.165) is 0 Å². The van der Waals surface area contributed by atoms with Crippen LogP contribution in [-0.2, 0) is 0 Å². The molecule has 11 nitrogen and oxygen atoms in total. The first-order chi connectivity index (χ1) is 15.0. The van der Waals surface area contributed by atoms with Gasteiger partial charge in [-0.25, -0.2) is 5.43 Å². The fourth-order valence-corrected chi connectivity index (χ4v) is 2.46. The van der Waals surface area contributed by atoms with E-state index in [9.17, 15) is 14.9 Å². The number of ether oxygens (including phenoxy) is 3. The highest BCUT2D eigenvalue weighted by atomic mass is 16.6. The number of hydrazone groups is 1. The Labute approximate surface area is 176 Å². The van der Waals surface area contributed by atoms with Crippen molar-refractivity contribution in [3.8, 4) is 23.5 Å². The highest BCUT2D eigenvalue weighted by Crippen LogP contribution is 2.25. The molecule has 11 heteroatoms. The molecular weight excluding hydrogens is 406 g/mol. The van der Waals surface area contributed by atoms with Crippen molar-refractivity contribution < 1.29 is 23.9 Å². The van der Waals surface area contributed by atoms with E-state index in [1.165, 1.54) is 50.8 Å². The van der Waals surface area contributed by atoms with Gasteiger partial charge >= 0.3 is 6.01 Å². The molecule has 0 bridgehead atoms. The van der Waals surface area contributed by atoms with Gasteiger partial charge < -0.3 is 14.2 Å². The van der Waals surface area contributed by atoms with E-state index in [4.69, 9.17) is 14.2 Å². The van der Waals surface area contributed by atoms with Gasteiger partial charge in [0.1, 0.15) is 11.3 Å². The van der Waals surface area contributed by atoms with E-state index in [2.05, 4.69) is 20.5 Å². The van der Waals surface area contributed by atoms with Gasteiger partial charge in [0.25, 0.3) is 11.6 Å². The first-order valence-corrected chi connectivity index (χ1v) is 8.82. The number of nitrogens with zero attached hydrogens (tertiary/aromatic N) is 4. The molecule has 1 N–H and O–H groups in total. The third kappa shape index (κ3) is 5.29.